The lowest BCUT2D eigenvalue weighted by molar-refractivity contribution is -0.0122. The summed E-state index contributed by atoms with van der Waals surface area (Å²) in [6.45, 7) is 4.43. The Labute approximate surface area is 177 Å². The van der Waals surface area contributed by atoms with Crippen LogP contribution < -0.4 is 9.47 Å². The number of aliphatic hydroxyl groups is 2. The quantitative estimate of drug-likeness (QED) is 0.483. The van der Waals surface area contributed by atoms with Gasteiger partial charge in [-0.15, -0.1) is 0 Å². The predicted molar refractivity (Wildman–Crippen MR) is 112 cm³/mol. The van der Waals surface area contributed by atoms with Crippen LogP contribution in [-0.2, 0) is 9.47 Å². The maximum absolute atomic E-state index is 12.6. The fourth-order valence-corrected chi connectivity index (χ4v) is 2.55. The van der Waals surface area contributed by atoms with Gasteiger partial charge in [0, 0.05) is 18.2 Å². The molecule has 0 spiro atoms. The van der Waals surface area contributed by atoms with E-state index in [9.17, 15) is 15.0 Å². The van der Waals surface area contributed by atoms with Crippen molar-refractivity contribution in [2.24, 2.45) is 0 Å². The van der Waals surface area contributed by atoms with Crippen molar-refractivity contribution < 1.29 is 34.0 Å². The van der Waals surface area contributed by atoms with Crippen LogP contribution in [0.1, 0.15) is 29.8 Å². The van der Waals surface area contributed by atoms with Crippen LogP contribution in [0.15, 0.2) is 48.5 Å². The lowest BCUT2D eigenvalue weighted by Crippen LogP contribution is -2.25. The molecule has 0 aromatic heterocycles. The van der Waals surface area contributed by atoms with Crippen LogP contribution in [0.5, 0.6) is 11.5 Å². The third-order valence-electron chi connectivity index (χ3n) is 4.10. The summed E-state index contributed by atoms with van der Waals surface area (Å²) in [7, 11) is 1.51. The zero-order valence-electron chi connectivity index (χ0n) is 17.6. The van der Waals surface area contributed by atoms with Gasteiger partial charge in [-0.1, -0.05) is 0 Å². The molecule has 0 aliphatic rings. The number of ketones is 1. The highest BCUT2D eigenvalue weighted by Crippen LogP contribution is 2.18. The zero-order valence-corrected chi connectivity index (χ0v) is 17.6. The van der Waals surface area contributed by atoms with E-state index < -0.39 is 12.2 Å². The van der Waals surface area contributed by atoms with Crippen LogP contribution in [0.3, 0.4) is 0 Å². The number of benzene rings is 2. The SMILES string of the molecule is COCC(O)COc1ccc(C(=O)c2ccc(OCC(O)COC(C)C)cc2)cc1. The maximum atomic E-state index is 12.6. The van der Waals surface area contributed by atoms with Gasteiger partial charge in [-0.25, -0.2) is 0 Å². The number of hydrogen-bond acceptors (Lipinski definition) is 7. The largest absolute Gasteiger partial charge is 0.491 e. The fraction of sp³-hybridized carbons (Fsp3) is 0.435. The molecule has 2 unspecified atom stereocenters. The number of carbonyl (C=O) groups excluding carboxylic acids is 1. The van der Waals surface area contributed by atoms with Gasteiger partial charge >= 0.3 is 0 Å². The highest BCUT2D eigenvalue weighted by Gasteiger charge is 2.11. The second kappa shape index (κ2) is 12.3. The average Bonchev–Trinajstić information content (AvgIpc) is 2.75. The van der Waals surface area contributed by atoms with Crippen molar-refractivity contribution in [1.82, 2.24) is 0 Å². The van der Waals surface area contributed by atoms with Crippen LogP contribution in [0, 0.1) is 0 Å². The Morgan fingerprint density at radius 3 is 1.60 bits per heavy atom. The molecule has 0 radical (unpaired) electrons. The summed E-state index contributed by atoms with van der Waals surface area (Å²) < 4.78 is 21.2. The fourth-order valence-electron chi connectivity index (χ4n) is 2.55. The third-order valence-corrected chi connectivity index (χ3v) is 4.10. The smallest absolute Gasteiger partial charge is 0.193 e. The highest BCUT2D eigenvalue weighted by molar-refractivity contribution is 6.09. The molecule has 164 valence electrons. The molecule has 0 fully saturated rings. The van der Waals surface area contributed by atoms with E-state index in [1.807, 2.05) is 13.8 Å². The van der Waals surface area contributed by atoms with Crippen LogP contribution in [0.25, 0.3) is 0 Å². The van der Waals surface area contributed by atoms with Crippen molar-refractivity contribution >= 4 is 5.78 Å². The molecule has 7 nitrogen and oxygen atoms in total. The van der Waals surface area contributed by atoms with E-state index in [1.54, 1.807) is 48.5 Å². The molecule has 0 saturated carbocycles. The molecule has 7 heteroatoms. The first-order valence-electron chi connectivity index (χ1n) is 9.86. The molecular weight excluding hydrogens is 388 g/mol. The maximum Gasteiger partial charge on any atom is 0.193 e. The average molecular weight is 418 g/mol. The van der Waals surface area contributed by atoms with Crippen molar-refractivity contribution in [2.75, 3.05) is 33.5 Å². The van der Waals surface area contributed by atoms with Crippen molar-refractivity contribution in [3.63, 3.8) is 0 Å². The molecule has 2 N–H and O–H groups in total. The molecule has 2 atom stereocenters. The first-order valence-corrected chi connectivity index (χ1v) is 9.86. The first kappa shape index (κ1) is 23.8. The minimum atomic E-state index is -0.718. The van der Waals surface area contributed by atoms with E-state index in [0.29, 0.717) is 22.6 Å². The van der Waals surface area contributed by atoms with Gasteiger partial charge in [0.2, 0.25) is 0 Å². The van der Waals surface area contributed by atoms with Crippen LogP contribution in [0.2, 0.25) is 0 Å². The van der Waals surface area contributed by atoms with Crippen molar-refractivity contribution in [1.29, 1.82) is 0 Å². The normalized spacial score (nSPS) is 13.1. The lowest BCUT2D eigenvalue weighted by Gasteiger charge is -2.14. The Bertz CT molecular complexity index is 756. The summed E-state index contributed by atoms with van der Waals surface area (Å²) >= 11 is 0. The molecule has 2 aromatic rings. The van der Waals surface area contributed by atoms with E-state index >= 15 is 0 Å². The van der Waals surface area contributed by atoms with E-state index in [-0.39, 0.29) is 38.3 Å². The Kier molecular flexibility index (Phi) is 9.76. The molecule has 0 heterocycles. The molecule has 0 aliphatic heterocycles. The standard InChI is InChI=1S/C23H30O7/c1-16(2)28-13-20(25)15-30-22-10-6-18(7-11-22)23(26)17-4-8-21(9-5-17)29-14-19(24)12-27-3/h4-11,16,19-20,24-25H,12-15H2,1-3H3. The second-order valence-electron chi connectivity index (χ2n) is 7.14. The Morgan fingerprint density at radius 2 is 1.20 bits per heavy atom. The summed E-state index contributed by atoms with van der Waals surface area (Å²) in [6, 6.07) is 13.5. The van der Waals surface area contributed by atoms with E-state index in [4.69, 9.17) is 18.9 Å². The van der Waals surface area contributed by atoms with E-state index in [0.717, 1.165) is 0 Å². The monoisotopic (exact) mass is 418 g/mol. The number of aliphatic hydroxyl groups excluding tert-OH is 2. The highest BCUT2D eigenvalue weighted by atomic mass is 16.5. The molecule has 0 saturated heterocycles. The summed E-state index contributed by atoms with van der Waals surface area (Å²) in [5.74, 6) is 0.997. The third kappa shape index (κ3) is 8.12. The minimum Gasteiger partial charge on any atom is -0.491 e. The van der Waals surface area contributed by atoms with Crippen molar-refractivity contribution in [2.45, 2.75) is 32.2 Å². The molecule has 30 heavy (non-hydrogen) atoms. The minimum absolute atomic E-state index is 0.0489. The van der Waals surface area contributed by atoms with E-state index in [2.05, 4.69) is 0 Å². The summed E-state index contributed by atoms with van der Waals surface area (Å²) in [4.78, 5) is 12.6. The Hall–Kier alpha value is -2.45. The van der Waals surface area contributed by atoms with Crippen molar-refractivity contribution in [3.8, 4) is 11.5 Å². The number of carbonyl (C=O) groups is 1. The lowest BCUT2D eigenvalue weighted by atomic mass is 10.0. The number of hydrogen-bond donors (Lipinski definition) is 2. The van der Waals surface area contributed by atoms with Gasteiger partial charge in [-0.05, 0) is 62.4 Å². The molecular formula is C23H30O7. The predicted octanol–water partition coefficient (Wildman–Crippen LogP) is 2.47. The van der Waals surface area contributed by atoms with Gasteiger partial charge in [0.1, 0.15) is 36.9 Å². The second-order valence-corrected chi connectivity index (χ2v) is 7.14. The molecule has 0 amide bonds. The summed E-state index contributed by atoms with van der Waals surface area (Å²) in [5, 5.41) is 19.4. The molecule has 2 rings (SSSR count). The Morgan fingerprint density at radius 1 is 0.767 bits per heavy atom. The van der Waals surface area contributed by atoms with Crippen LogP contribution in [-0.4, -0.2) is 67.8 Å². The Balaban J connectivity index is 1.86. The number of methoxy groups -OCH3 is 1. The number of ether oxygens (including phenoxy) is 4. The van der Waals surface area contributed by atoms with Gasteiger partial charge < -0.3 is 29.2 Å². The topological polar surface area (TPSA) is 94.5 Å². The summed E-state index contributed by atoms with van der Waals surface area (Å²) in [6.07, 6.45) is -1.38. The van der Waals surface area contributed by atoms with Crippen LogP contribution >= 0.6 is 0 Å². The first-order chi connectivity index (χ1) is 14.4. The van der Waals surface area contributed by atoms with Crippen LogP contribution in [0.4, 0.5) is 0 Å². The van der Waals surface area contributed by atoms with Gasteiger partial charge in [-0.3, -0.25) is 4.79 Å². The zero-order chi connectivity index (χ0) is 21.9. The number of rotatable bonds is 13. The van der Waals surface area contributed by atoms with E-state index in [1.165, 1.54) is 7.11 Å². The van der Waals surface area contributed by atoms with Gasteiger partial charge in [0.05, 0.1) is 19.3 Å². The van der Waals surface area contributed by atoms with Crippen molar-refractivity contribution in [3.05, 3.63) is 59.7 Å². The molecule has 0 bridgehead atoms. The molecule has 0 aliphatic carbocycles. The summed E-state index contributed by atoms with van der Waals surface area (Å²) in [5.41, 5.74) is 1.05. The van der Waals surface area contributed by atoms with Gasteiger partial charge in [0.25, 0.3) is 0 Å². The van der Waals surface area contributed by atoms with Gasteiger partial charge in [0.15, 0.2) is 5.78 Å². The molecule has 2 aromatic carbocycles. The van der Waals surface area contributed by atoms with Gasteiger partial charge in [-0.2, -0.15) is 0 Å².